The van der Waals surface area contributed by atoms with Gasteiger partial charge in [0, 0.05) is 28.7 Å². The van der Waals surface area contributed by atoms with E-state index in [2.05, 4.69) is 41.8 Å². The zero-order valence-corrected chi connectivity index (χ0v) is 17.3. The molecule has 0 aliphatic carbocycles. The van der Waals surface area contributed by atoms with Crippen molar-refractivity contribution in [2.75, 3.05) is 0 Å². The largest absolute Gasteiger partial charge is 0.390 e. The summed E-state index contributed by atoms with van der Waals surface area (Å²) in [5.74, 6) is 0.234. The van der Waals surface area contributed by atoms with Gasteiger partial charge in [-0.3, -0.25) is 4.79 Å². The summed E-state index contributed by atoms with van der Waals surface area (Å²) >= 11 is 0. The topological polar surface area (TPSA) is 43.6 Å². The van der Waals surface area contributed by atoms with Crippen LogP contribution >= 0.6 is 0 Å². The van der Waals surface area contributed by atoms with Gasteiger partial charge in [-0.25, -0.2) is 0 Å². The third-order valence-electron chi connectivity index (χ3n) is 4.55. The van der Waals surface area contributed by atoms with Crippen LogP contribution in [0, 0.1) is 0 Å². The monoisotopic (exact) mass is 376 g/mol. The maximum Gasteiger partial charge on any atom is 0.152 e. The lowest BCUT2D eigenvalue weighted by atomic mass is 10.0. The van der Waals surface area contributed by atoms with Crippen LogP contribution in [0.2, 0.25) is 0 Å². The predicted octanol–water partition coefficient (Wildman–Crippen LogP) is 5.77. The van der Waals surface area contributed by atoms with Crippen LogP contribution in [0.25, 0.3) is 10.9 Å². The summed E-state index contributed by atoms with van der Waals surface area (Å²) in [6.45, 7) is 10.9. The van der Waals surface area contributed by atoms with Crippen LogP contribution in [-0.4, -0.2) is 22.7 Å². The number of aromatic nitrogens is 1. The molecular formula is C24H28N2O2. The molecule has 0 aliphatic rings. The first-order chi connectivity index (χ1) is 13.3. The van der Waals surface area contributed by atoms with Gasteiger partial charge in [0.25, 0.3) is 0 Å². The molecule has 4 nitrogen and oxygen atoms in total. The minimum Gasteiger partial charge on any atom is -0.390 e. The third-order valence-corrected chi connectivity index (χ3v) is 4.55. The van der Waals surface area contributed by atoms with Gasteiger partial charge in [-0.2, -0.15) is 0 Å². The van der Waals surface area contributed by atoms with Gasteiger partial charge in [-0.1, -0.05) is 61.5 Å². The summed E-state index contributed by atoms with van der Waals surface area (Å²) in [7, 11) is 0. The minimum atomic E-state index is -0.330. The van der Waals surface area contributed by atoms with Gasteiger partial charge in [0.2, 0.25) is 0 Å². The standard InChI is InChI=1S/C24H28N2O2/c1-17(2)23-21(16-27)20-12-11-19(14-25-28-24(3,4)5)13-22(20)26(23)15-18-9-7-6-8-10-18/h6-14,16-17H,15H2,1-5H3/b25-14+. The Balaban J connectivity index is 2.12. The van der Waals surface area contributed by atoms with E-state index in [-0.39, 0.29) is 11.5 Å². The molecule has 28 heavy (non-hydrogen) atoms. The van der Waals surface area contributed by atoms with Crippen molar-refractivity contribution >= 4 is 23.4 Å². The quantitative estimate of drug-likeness (QED) is 0.311. The maximum absolute atomic E-state index is 11.9. The second-order valence-electron chi connectivity index (χ2n) is 8.36. The molecule has 3 rings (SSSR count). The highest BCUT2D eigenvalue weighted by molar-refractivity contribution is 6.01. The van der Waals surface area contributed by atoms with E-state index in [0.29, 0.717) is 0 Å². The Kier molecular flexibility index (Phi) is 5.68. The molecule has 0 saturated heterocycles. The van der Waals surface area contributed by atoms with Crippen LogP contribution in [0.3, 0.4) is 0 Å². The summed E-state index contributed by atoms with van der Waals surface area (Å²) in [5, 5.41) is 5.09. The highest BCUT2D eigenvalue weighted by Gasteiger charge is 2.19. The van der Waals surface area contributed by atoms with E-state index in [0.717, 1.165) is 40.6 Å². The number of nitrogens with zero attached hydrogens (tertiary/aromatic N) is 2. The van der Waals surface area contributed by atoms with Crippen molar-refractivity contribution in [3.8, 4) is 0 Å². The molecule has 0 aliphatic heterocycles. The molecule has 0 amide bonds. The Hall–Kier alpha value is -2.88. The minimum absolute atomic E-state index is 0.234. The summed E-state index contributed by atoms with van der Waals surface area (Å²) < 4.78 is 2.25. The Labute approximate surface area is 166 Å². The first-order valence-corrected chi connectivity index (χ1v) is 9.67. The van der Waals surface area contributed by atoms with Gasteiger partial charge in [0.05, 0.1) is 6.21 Å². The number of hydrogen-bond acceptors (Lipinski definition) is 3. The van der Waals surface area contributed by atoms with Gasteiger partial charge in [-0.15, -0.1) is 0 Å². The molecule has 0 radical (unpaired) electrons. The van der Waals surface area contributed by atoms with Crippen molar-refractivity contribution in [2.24, 2.45) is 5.16 Å². The van der Waals surface area contributed by atoms with Gasteiger partial charge in [0.1, 0.15) is 5.60 Å². The normalized spacial score (nSPS) is 12.2. The fourth-order valence-electron chi connectivity index (χ4n) is 3.42. The molecule has 1 heterocycles. The van der Waals surface area contributed by atoms with Crippen molar-refractivity contribution in [3.63, 3.8) is 0 Å². The van der Waals surface area contributed by atoms with Crippen LogP contribution in [0.5, 0.6) is 0 Å². The van der Waals surface area contributed by atoms with Crippen molar-refractivity contribution in [2.45, 2.75) is 52.7 Å². The number of carbonyl (C=O) groups is 1. The highest BCUT2D eigenvalue weighted by atomic mass is 16.6. The molecule has 0 bridgehead atoms. The number of rotatable bonds is 6. The Morgan fingerprint density at radius 2 is 1.82 bits per heavy atom. The zero-order valence-electron chi connectivity index (χ0n) is 17.3. The first kappa shape index (κ1) is 19.9. The van der Waals surface area contributed by atoms with E-state index in [9.17, 15) is 4.79 Å². The molecule has 0 unspecified atom stereocenters. The number of aldehydes is 1. The second kappa shape index (κ2) is 8.01. The molecule has 3 aromatic rings. The van der Waals surface area contributed by atoms with E-state index >= 15 is 0 Å². The van der Waals surface area contributed by atoms with Crippen LogP contribution in [-0.2, 0) is 11.4 Å². The zero-order chi connectivity index (χ0) is 20.3. The molecule has 4 heteroatoms. The van der Waals surface area contributed by atoms with Crippen LogP contribution in [0.1, 0.15) is 67.7 Å². The Bertz CT molecular complexity index is 993. The number of carbonyl (C=O) groups excluding carboxylic acids is 1. The smallest absolute Gasteiger partial charge is 0.152 e. The number of fused-ring (bicyclic) bond motifs is 1. The van der Waals surface area contributed by atoms with Crippen molar-refractivity contribution < 1.29 is 9.63 Å². The molecule has 0 saturated carbocycles. The molecule has 1 aromatic heterocycles. The summed E-state index contributed by atoms with van der Waals surface area (Å²) in [4.78, 5) is 17.4. The maximum atomic E-state index is 11.9. The van der Waals surface area contributed by atoms with E-state index in [1.165, 1.54) is 5.56 Å². The summed E-state index contributed by atoms with van der Waals surface area (Å²) in [5.41, 5.74) is 4.69. The van der Waals surface area contributed by atoms with Crippen molar-refractivity contribution in [1.82, 2.24) is 4.57 Å². The number of hydrogen-bond donors (Lipinski definition) is 0. The third kappa shape index (κ3) is 4.33. The summed E-state index contributed by atoms with van der Waals surface area (Å²) in [6.07, 6.45) is 2.70. The molecule has 0 spiro atoms. The van der Waals surface area contributed by atoms with Crippen LogP contribution in [0.4, 0.5) is 0 Å². The molecule has 0 N–H and O–H groups in total. The Morgan fingerprint density at radius 1 is 1.11 bits per heavy atom. The van der Waals surface area contributed by atoms with Gasteiger partial charge in [-0.05, 0) is 43.9 Å². The lowest BCUT2D eigenvalue weighted by Crippen LogP contribution is -2.15. The number of benzene rings is 2. The summed E-state index contributed by atoms with van der Waals surface area (Å²) in [6, 6.07) is 16.4. The first-order valence-electron chi connectivity index (χ1n) is 9.67. The average molecular weight is 377 g/mol. The van der Waals surface area contributed by atoms with Gasteiger partial charge >= 0.3 is 0 Å². The predicted molar refractivity (Wildman–Crippen MR) is 115 cm³/mol. The molecule has 146 valence electrons. The lowest BCUT2D eigenvalue weighted by Gasteiger charge is -2.15. The van der Waals surface area contributed by atoms with E-state index in [4.69, 9.17) is 4.84 Å². The lowest BCUT2D eigenvalue weighted by molar-refractivity contribution is 0.00199. The number of oxime groups is 1. The molecule has 0 fully saturated rings. The Morgan fingerprint density at radius 3 is 2.43 bits per heavy atom. The van der Waals surface area contributed by atoms with E-state index < -0.39 is 0 Å². The average Bonchev–Trinajstić information content (AvgIpc) is 2.94. The van der Waals surface area contributed by atoms with Gasteiger partial charge in [0.15, 0.2) is 6.29 Å². The SMILES string of the molecule is CC(C)c1c(C=O)c2ccc(/C=N/OC(C)(C)C)cc2n1Cc1ccccc1. The van der Waals surface area contributed by atoms with Crippen LogP contribution < -0.4 is 0 Å². The van der Waals surface area contributed by atoms with E-state index in [1.807, 2.05) is 51.1 Å². The van der Waals surface area contributed by atoms with Crippen molar-refractivity contribution in [3.05, 3.63) is 70.9 Å². The van der Waals surface area contributed by atoms with Gasteiger partial charge < -0.3 is 9.40 Å². The van der Waals surface area contributed by atoms with Crippen LogP contribution in [0.15, 0.2) is 53.7 Å². The molecular weight excluding hydrogens is 348 g/mol. The van der Waals surface area contributed by atoms with Crippen molar-refractivity contribution in [1.29, 1.82) is 0 Å². The van der Waals surface area contributed by atoms with E-state index in [1.54, 1.807) is 6.21 Å². The second-order valence-corrected chi connectivity index (χ2v) is 8.36. The fraction of sp³-hybridized carbons (Fsp3) is 0.333. The molecule has 2 aromatic carbocycles. The highest BCUT2D eigenvalue weighted by Crippen LogP contribution is 2.31. The fourth-order valence-corrected chi connectivity index (χ4v) is 3.42. The molecule has 0 atom stereocenters.